The van der Waals surface area contributed by atoms with Crippen LogP contribution in [0.1, 0.15) is 22.7 Å². The molecule has 2 N–H and O–H groups in total. The molecule has 154 valence electrons. The molecular formula is C21H24FN3O4. The molecule has 2 aromatic rings. The van der Waals surface area contributed by atoms with E-state index < -0.39 is 17.7 Å². The molecule has 7 nitrogen and oxygen atoms in total. The maximum atomic E-state index is 14.7. The van der Waals surface area contributed by atoms with E-state index in [4.69, 9.17) is 15.2 Å². The van der Waals surface area contributed by atoms with Gasteiger partial charge in [-0.2, -0.15) is 0 Å². The van der Waals surface area contributed by atoms with Gasteiger partial charge in [0.05, 0.1) is 18.6 Å². The molecular weight excluding hydrogens is 377 g/mol. The Morgan fingerprint density at radius 3 is 2.66 bits per heavy atom. The Morgan fingerprint density at radius 2 is 2.03 bits per heavy atom. The van der Waals surface area contributed by atoms with E-state index in [0.29, 0.717) is 18.8 Å². The third-order valence-electron chi connectivity index (χ3n) is 4.96. The predicted octanol–water partition coefficient (Wildman–Crippen LogP) is 1.73. The van der Waals surface area contributed by atoms with Gasteiger partial charge in [0.25, 0.3) is 5.56 Å². The Labute approximate surface area is 168 Å². The number of hydrogen-bond acceptors (Lipinski definition) is 6. The van der Waals surface area contributed by atoms with Crippen LogP contribution in [0, 0.1) is 12.7 Å². The maximum absolute atomic E-state index is 14.7. The second-order valence-corrected chi connectivity index (χ2v) is 7.15. The lowest BCUT2D eigenvalue weighted by atomic mass is 9.83. The van der Waals surface area contributed by atoms with Crippen molar-refractivity contribution >= 4 is 5.97 Å². The second-order valence-electron chi connectivity index (χ2n) is 7.15. The van der Waals surface area contributed by atoms with Crippen LogP contribution in [-0.2, 0) is 16.1 Å². The Kier molecular flexibility index (Phi) is 5.74. The number of ether oxygens (including phenoxy) is 2. The first kappa shape index (κ1) is 20.6. The maximum Gasteiger partial charge on any atom is 0.340 e. The number of methoxy groups -OCH3 is 1. The number of rotatable bonds is 5. The summed E-state index contributed by atoms with van der Waals surface area (Å²) in [6, 6.07) is 7.65. The van der Waals surface area contributed by atoms with Crippen LogP contribution in [0.3, 0.4) is 0 Å². The molecule has 3 rings (SSSR count). The van der Waals surface area contributed by atoms with Crippen molar-refractivity contribution in [3.8, 4) is 5.75 Å². The van der Waals surface area contributed by atoms with Crippen LogP contribution in [-0.4, -0.2) is 43.2 Å². The van der Waals surface area contributed by atoms with Crippen molar-refractivity contribution in [2.75, 3.05) is 27.7 Å². The number of esters is 1. The number of aryl methyl sites for hydroxylation is 1. The molecule has 0 radical (unpaired) electrons. The molecule has 29 heavy (non-hydrogen) atoms. The lowest BCUT2D eigenvalue weighted by molar-refractivity contribution is -0.136. The molecule has 2 heterocycles. The Balaban J connectivity index is 2.29. The van der Waals surface area contributed by atoms with Gasteiger partial charge in [-0.05, 0) is 27.1 Å². The van der Waals surface area contributed by atoms with Crippen LogP contribution in [0.25, 0.3) is 0 Å². The number of halogens is 1. The number of hydrogen-bond donors (Lipinski definition) is 1. The van der Waals surface area contributed by atoms with E-state index in [1.807, 2.05) is 19.0 Å². The summed E-state index contributed by atoms with van der Waals surface area (Å²) in [6.07, 6.45) is 0. The summed E-state index contributed by atoms with van der Waals surface area (Å²) in [7, 11) is 5.01. The monoisotopic (exact) mass is 401 g/mol. The molecule has 1 aliphatic heterocycles. The molecule has 0 aliphatic carbocycles. The molecule has 0 spiro atoms. The fourth-order valence-corrected chi connectivity index (χ4v) is 3.49. The van der Waals surface area contributed by atoms with Gasteiger partial charge in [0.2, 0.25) is 5.88 Å². The molecule has 0 fully saturated rings. The minimum atomic E-state index is -1.04. The Hall–Kier alpha value is -3.13. The topological polar surface area (TPSA) is 86.8 Å². The SMILES string of the molecule is COC(=O)C1=C(N)Oc2cc(C)n(CCN(C)C)c(=O)c2[C@H]1c1ccccc1F. The van der Waals surface area contributed by atoms with Gasteiger partial charge in [0.15, 0.2) is 0 Å². The lowest BCUT2D eigenvalue weighted by Gasteiger charge is -2.29. The highest BCUT2D eigenvalue weighted by Gasteiger charge is 2.39. The number of nitrogens with two attached hydrogens (primary N) is 1. The molecule has 0 bridgehead atoms. The molecule has 0 unspecified atom stereocenters. The van der Waals surface area contributed by atoms with E-state index >= 15 is 0 Å². The van der Waals surface area contributed by atoms with Crippen molar-refractivity contribution in [3.05, 3.63) is 74.8 Å². The minimum Gasteiger partial charge on any atom is -0.465 e. The highest BCUT2D eigenvalue weighted by Crippen LogP contribution is 2.41. The van der Waals surface area contributed by atoms with Crippen molar-refractivity contribution in [3.63, 3.8) is 0 Å². The minimum absolute atomic E-state index is 0.0924. The van der Waals surface area contributed by atoms with Gasteiger partial charge in [0, 0.05) is 30.4 Å². The van der Waals surface area contributed by atoms with Gasteiger partial charge in [-0.15, -0.1) is 0 Å². The first-order chi connectivity index (χ1) is 13.8. The summed E-state index contributed by atoms with van der Waals surface area (Å²) in [5.41, 5.74) is 6.55. The molecule has 0 saturated heterocycles. The molecule has 0 amide bonds. The van der Waals surface area contributed by atoms with Crippen LogP contribution in [0.5, 0.6) is 5.75 Å². The first-order valence-electron chi connectivity index (χ1n) is 9.15. The van der Waals surface area contributed by atoms with E-state index in [0.717, 1.165) is 0 Å². The third kappa shape index (κ3) is 3.75. The summed E-state index contributed by atoms with van der Waals surface area (Å²) >= 11 is 0. The number of carbonyl (C=O) groups excluding carboxylic acids is 1. The number of benzene rings is 1. The largest absolute Gasteiger partial charge is 0.465 e. The summed E-state index contributed by atoms with van der Waals surface area (Å²) < 4.78 is 26.8. The Morgan fingerprint density at radius 1 is 1.34 bits per heavy atom. The molecule has 1 aromatic carbocycles. The fourth-order valence-electron chi connectivity index (χ4n) is 3.49. The quantitative estimate of drug-likeness (QED) is 0.768. The smallest absolute Gasteiger partial charge is 0.340 e. The van der Waals surface area contributed by atoms with Crippen molar-refractivity contribution in [2.45, 2.75) is 19.4 Å². The van der Waals surface area contributed by atoms with E-state index in [9.17, 15) is 14.0 Å². The molecule has 1 aromatic heterocycles. The number of carbonyl (C=O) groups is 1. The predicted molar refractivity (Wildman–Crippen MR) is 106 cm³/mol. The van der Waals surface area contributed by atoms with Gasteiger partial charge in [-0.3, -0.25) is 4.79 Å². The lowest BCUT2D eigenvalue weighted by Crippen LogP contribution is -2.36. The zero-order chi connectivity index (χ0) is 21.3. The van der Waals surface area contributed by atoms with Crippen molar-refractivity contribution in [1.82, 2.24) is 9.47 Å². The van der Waals surface area contributed by atoms with Crippen molar-refractivity contribution in [1.29, 1.82) is 0 Å². The van der Waals surface area contributed by atoms with E-state index in [1.54, 1.807) is 23.6 Å². The highest BCUT2D eigenvalue weighted by atomic mass is 19.1. The van der Waals surface area contributed by atoms with Crippen LogP contribution in [0.4, 0.5) is 4.39 Å². The number of nitrogens with zero attached hydrogens (tertiary/aromatic N) is 2. The second kappa shape index (κ2) is 8.08. The van der Waals surface area contributed by atoms with Crippen molar-refractivity contribution in [2.24, 2.45) is 5.73 Å². The summed E-state index contributed by atoms with van der Waals surface area (Å²) in [5, 5.41) is 0. The van der Waals surface area contributed by atoms with Gasteiger partial charge < -0.3 is 24.7 Å². The number of aromatic nitrogens is 1. The molecule has 8 heteroatoms. The molecule has 1 aliphatic rings. The zero-order valence-corrected chi connectivity index (χ0v) is 16.9. The van der Waals surface area contributed by atoms with Crippen LogP contribution in [0.15, 0.2) is 46.6 Å². The van der Waals surface area contributed by atoms with Crippen molar-refractivity contribution < 1.29 is 18.7 Å². The van der Waals surface area contributed by atoms with Crippen LogP contribution < -0.4 is 16.0 Å². The first-order valence-corrected chi connectivity index (χ1v) is 9.15. The van der Waals surface area contributed by atoms with Gasteiger partial charge in [-0.25, -0.2) is 9.18 Å². The number of likely N-dealkylation sites (N-methyl/N-ethyl adjacent to an activating group) is 1. The zero-order valence-electron chi connectivity index (χ0n) is 16.9. The molecule has 0 saturated carbocycles. The van der Waals surface area contributed by atoms with Gasteiger partial charge >= 0.3 is 5.97 Å². The number of fused-ring (bicyclic) bond motifs is 1. The summed E-state index contributed by atoms with van der Waals surface area (Å²) in [6.45, 7) is 2.85. The summed E-state index contributed by atoms with van der Waals surface area (Å²) in [4.78, 5) is 27.9. The average Bonchev–Trinajstić information content (AvgIpc) is 2.66. The van der Waals surface area contributed by atoms with Gasteiger partial charge in [-0.1, -0.05) is 18.2 Å². The van der Waals surface area contributed by atoms with Crippen LogP contribution in [0.2, 0.25) is 0 Å². The highest BCUT2D eigenvalue weighted by molar-refractivity contribution is 5.92. The normalized spacial score (nSPS) is 15.9. The van der Waals surface area contributed by atoms with Crippen LogP contribution >= 0.6 is 0 Å². The molecule has 1 atom stereocenters. The third-order valence-corrected chi connectivity index (χ3v) is 4.96. The number of pyridine rings is 1. The standard InChI is InChI=1S/C21H24FN3O4/c1-12-11-15-17(20(26)25(12)10-9-24(2)3)16(13-7-5-6-8-14(13)22)18(19(23)29-15)21(27)28-4/h5-8,11,16H,9-10,23H2,1-4H3/t16-/m1/s1. The van der Waals surface area contributed by atoms with E-state index in [1.165, 1.54) is 25.3 Å². The Bertz CT molecular complexity index is 1040. The van der Waals surface area contributed by atoms with Gasteiger partial charge in [0.1, 0.15) is 17.1 Å². The summed E-state index contributed by atoms with van der Waals surface area (Å²) in [5.74, 6) is -2.36. The average molecular weight is 401 g/mol. The van der Waals surface area contributed by atoms with E-state index in [-0.39, 0.29) is 33.9 Å². The fraction of sp³-hybridized carbons (Fsp3) is 0.333. The van der Waals surface area contributed by atoms with E-state index in [2.05, 4.69) is 0 Å².